The molecule has 1 aromatic rings. The summed E-state index contributed by atoms with van der Waals surface area (Å²) in [5, 5.41) is 0. The summed E-state index contributed by atoms with van der Waals surface area (Å²) < 4.78 is 8.93. The van der Waals surface area contributed by atoms with Crippen LogP contribution < -0.4 is 20.7 Å². The zero-order valence-electron chi connectivity index (χ0n) is 13.0. The molecule has 0 aliphatic carbocycles. The first kappa shape index (κ1) is 17.6. The third-order valence-corrected chi connectivity index (χ3v) is 4.43. The molecule has 1 aromatic carbocycles. The van der Waals surface area contributed by atoms with Gasteiger partial charge in [-0.15, -0.1) is 6.58 Å². The number of ether oxygens (including phenoxy) is 2. The molecule has 3 rings (SSSR count). The van der Waals surface area contributed by atoms with Gasteiger partial charge in [0.1, 0.15) is 0 Å². The molecular weight excluding hydrogens is 369 g/mol. The van der Waals surface area contributed by atoms with Crippen molar-refractivity contribution in [3.63, 3.8) is 0 Å². The Morgan fingerprint density at radius 1 is 1.48 bits per heavy atom. The van der Waals surface area contributed by atoms with Gasteiger partial charge in [-0.25, -0.2) is 5.48 Å². The van der Waals surface area contributed by atoms with E-state index >= 15 is 0 Å². The van der Waals surface area contributed by atoms with E-state index in [1.54, 1.807) is 18.2 Å². The fourth-order valence-electron chi connectivity index (χ4n) is 2.32. The molecule has 0 bridgehead atoms. The molecule has 9 heteroatoms. The lowest BCUT2D eigenvalue weighted by Crippen LogP contribution is -2.49. The number of rotatable bonds is 5. The quantitative estimate of drug-likeness (QED) is 0.350. The number of aliphatic imine (C=N–C) groups is 1. The minimum absolute atomic E-state index is 0.0994. The van der Waals surface area contributed by atoms with Gasteiger partial charge in [-0.2, -0.15) is 0 Å². The van der Waals surface area contributed by atoms with Crippen LogP contribution in [0.25, 0.3) is 0 Å². The van der Waals surface area contributed by atoms with Crippen LogP contribution in [-0.2, 0) is 9.63 Å². The van der Waals surface area contributed by atoms with Gasteiger partial charge in [-0.05, 0) is 24.3 Å². The van der Waals surface area contributed by atoms with Crippen LogP contribution in [0.15, 0.2) is 47.6 Å². The number of alkyl halides is 2. The van der Waals surface area contributed by atoms with Crippen molar-refractivity contribution >= 4 is 34.8 Å². The summed E-state index contributed by atoms with van der Waals surface area (Å²) in [6.45, 7) is 3.76. The highest BCUT2D eigenvalue weighted by Gasteiger charge is 2.45. The Balaban J connectivity index is 1.90. The highest BCUT2D eigenvalue weighted by Crippen LogP contribution is 2.38. The van der Waals surface area contributed by atoms with Crippen LogP contribution in [0.4, 0.5) is 0 Å². The van der Waals surface area contributed by atoms with Gasteiger partial charge in [0.05, 0.1) is 12.3 Å². The number of benzene rings is 1. The maximum absolute atomic E-state index is 12.3. The third-order valence-electron chi connectivity index (χ3n) is 3.58. The Morgan fingerprint density at radius 3 is 3.00 bits per heavy atom. The zero-order valence-corrected chi connectivity index (χ0v) is 14.5. The van der Waals surface area contributed by atoms with E-state index in [9.17, 15) is 4.79 Å². The van der Waals surface area contributed by atoms with Gasteiger partial charge in [0.2, 0.25) is 6.79 Å². The molecule has 0 spiro atoms. The number of hydrogen-bond donors (Lipinski definition) is 2. The van der Waals surface area contributed by atoms with Gasteiger partial charge in [-0.1, -0.05) is 29.3 Å². The Hall–Kier alpha value is -2.22. The Labute approximate surface area is 154 Å². The second-order valence-electron chi connectivity index (χ2n) is 5.27. The maximum Gasteiger partial charge on any atom is 0.271 e. The molecule has 1 amide bonds. The summed E-state index contributed by atoms with van der Waals surface area (Å²) in [6.07, 6.45) is 3.00. The Morgan fingerprint density at radius 2 is 2.24 bits per heavy atom. The van der Waals surface area contributed by atoms with Gasteiger partial charge >= 0.3 is 0 Å². The first-order chi connectivity index (χ1) is 11.9. The standard InChI is InChI=1S/C16H15Cl2N3O4/c1-2-5-25-21-15(22)14-16(17,18)13(19)7-10(20-14)9-3-4-11-12(6-9)24-8-23-11/h2-4,6-7,14H,1,5,8,19H2,(H,21,22). The van der Waals surface area contributed by atoms with E-state index in [4.69, 9.17) is 43.2 Å². The molecule has 0 fully saturated rings. The van der Waals surface area contributed by atoms with E-state index in [2.05, 4.69) is 17.1 Å². The molecule has 0 aromatic heterocycles. The van der Waals surface area contributed by atoms with Crippen molar-refractivity contribution in [2.24, 2.45) is 10.7 Å². The second-order valence-corrected chi connectivity index (χ2v) is 6.66. The molecule has 0 saturated carbocycles. The van der Waals surface area contributed by atoms with E-state index in [0.717, 1.165) is 0 Å². The van der Waals surface area contributed by atoms with Crippen molar-refractivity contribution in [1.29, 1.82) is 0 Å². The minimum atomic E-state index is -1.69. The number of fused-ring (bicyclic) bond motifs is 1. The minimum Gasteiger partial charge on any atom is -0.454 e. The van der Waals surface area contributed by atoms with Gasteiger partial charge in [0, 0.05) is 11.3 Å². The summed E-state index contributed by atoms with van der Waals surface area (Å²) in [7, 11) is 0. The number of nitrogens with two attached hydrogens (primary N) is 1. The number of carbonyl (C=O) groups is 1. The van der Waals surface area contributed by atoms with Gasteiger partial charge in [0.15, 0.2) is 21.9 Å². The molecule has 0 radical (unpaired) electrons. The van der Waals surface area contributed by atoms with Crippen molar-refractivity contribution in [3.05, 3.63) is 48.2 Å². The first-order valence-corrected chi connectivity index (χ1v) is 8.05. The Bertz CT molecular complexity index is 777. The van der Waals surface area contributed by atoms with E-state index < -0.39 is 16.3 Å². The molecule has 2 heterocycles. The van der Waals surface area contributed by atoms with E-state index in [1.165, 1.54) is 12.2 Å². The van der Waals surface area contributed by atoms with Gasteiger partial charge in [0.25, 0.3) is 5.91 Å². The zero-order chi connectivity index (χ0) is 18.0. The molecule has 0 saturated heterocycles. The number of hydroxylamine groups is 1. The van der Waals surface area contributed by atoms with Gasteiger partial charge < -0.3 is 15.2 Å². The van der Waals surface area contributed by atoms with Crippen LogP contribution in [-0.4, -0.2) is 35.4 Å². The number of nitrogens with one attached hydrogen (secondary N) is 1. The fourth-order valence-corrected chi connectivity index (χ4v) is 2.73. The molecule has 132 valence electrons. The van der Waals surface area contributed by atoms with Crippen LogP contribution in [0.2, 0.25) is 0 Å². The van der Waals surface area contributed by atoms with Crippen molar-refractivity contribution in [3.8, 4) is 11.5 Å². The SMILES string of the molecule is C=CCONC(=O)C1N=C(c2ccc3c(c2)OCO3)C=C(N)C1(Cl)Cl. The molecule has 3 N–H and O–H groups in total. The largest absolute Gasteiger partial charge is 0.454 e. The van der Waals surface area contributed by atoms with Crippen LogP contribution in [0.1, 0.15) is 5.56 Å². The van der Waals surface area contributed by atoms with Crippen molar-refractivity contribution in [1.82, 2.24) is 5.48 Å². The lowest BCUT2D eigenvalue weighted by atomic mass is 10.0. The summed E-state index contributed by atoms with van der Waals surface area (Å²) in [6, 6.07) is 4.07. The third kappa shape index (κ3) is 3.44. The molecule has 7 nitrogen and oxygen atoms in total. The molecule has 2 aliphatic rings. The molecular formula is C16H15Cl2N3O4. The lowest BCUT2D eigenvalue weighted by Gasteiger charge is -2.30. The normalized spacial score (nSPS) is 20.5. The molecule has 25 heavy (non-hydrogen) atoms. The topological polar surface area (TPSA) is 95.2 Å². The summed E-state index contributed by atoms with van der Waals surface area (Å²) in [5.74, 6) is 0.588. The fraction of sp³-hybridized carbons (Fsp3) is 0.250. The van der Waals surface area contributed by atoms with E-state index in [0.29, 0.717) is 22.8 Å². The van der Waals surface area contributed by atoms with E-state index in [1.807, 2.05) is 0 Å². The van der Waals surface area contributed by atoms with Crippen molar-refractivity contribution in [2.75, 3.05) is 13.4 Å². The number of allylic oxidation sites excluding steroid dienone is 1. The van der Waals surface area contributed by atoms with Crippen LogP contribution in [0.3, 0.4) is 0 Å². The van der Waals surface area contributed by atoms with Crippen LogP contribution >= 0.6 is 23.2 Å². The molecule has 1 atom stereocenters. The Kier molecular flexibility index (Phi) is 4.89. The monoisotopic (exact) mass is 383 g/mol. The molecule has 2 aliphatic heterocycles. The van der Waals surface area contributed by atoms with Crippen molar-refractivity contribution in [2.45, 2.75) is 10.4 Å². The highest BCUT2D eigenvalue weighted by atomic mass is 35.5. The highest BCUT2D eigenvalue weighted by molar-refractivity contribution is 6.52. The van der Waals surface area contributed by atoms with Crippen LogP contribution in [0.5, 0.6) is 11.5 Å². The number of amides is 1. The van der Waals surface area contributed by atoms with Crippen molar-refractivity contribution < 1.29 is 19.1 Å². The first-order valence-electron chi connectivity index (χ1n) is 7.29. The van der Waals surface area contributed by atoms with E-state index in [-0.39, 0.29) is 19.1 Å². The average Bonchev–Trinajstić information content (AvgIpc) is 3.04. The maximum atomic E-state index is 12.3. The smallest absolute Gasteiger partial charge is 0.271 e. The average molecular weight is 384 g/mol. The number of halogens is 2. The number of dihydropyridines is 1. The summed E-state index contributed by atoms with van der Waals surface area (Å²) >= 11 is 12.5. The number of nitrogens with zero attached hydrogens (tertiary/aromatic N) is 1. The number of carbonyl (C=O) groups excluding carboxylic acids is 1. The molecule has 1 unspecified atom stereocenters. The second kappa shape index (κ2) is 6.95. The lowest BCUT2D eigenvalue weighted by molar-refractivity contribution is -0.134. The predicted molar refractivity (Wildman–Crippen MR) is 93.9 cm³/mol. The van der Waals surface area contributed by atoms with Gasteiger partial charge in [-0.3, -0.25) is 14.6 Å². The number of hydrogen-bond acceptors (Lipinski definition) is 6. The van der Waals surface area contributed by atoms with Crippen LogP contribution in [0, 0.1) is 0 Å². The summed E-state index contributed by atoms with van der Waals surface area (Å²) in [5.41, 5.74) is 9.41. The predicted octanol–water partition coefficient (Wildman–Crippen LogP) is 1.84. The summed E-state index contributed by atoms with van der Waals surface area (Å²) in [4.78, 5) is 21.6.